The highest BCUT2D eigenvalue weighted by molar-refractivity contribution is 4.37. The van der Waals surface area contributed by atoms with Gasteiger partial charge in [-0.3, -0.25) is 0 Å². The SMILES string of the molecule is CCOC([NH])CC. The fourth-order valence-electron chi connectivity index (χ4n) is 0.319. The monoisotopic (exact) mass is 102 g/mol. The fraction of sp³-hybridized carbons (Fsp3) is 1.00. The lowest BCUT2D eigenvalue weighted by Gasteiger charge is -2.04. The summed E-state index contributed by atoms with van der Waals surface area (Å²) in [5, 5.41) is 0. The lowest BCUT2D eigenvalue weighted by atomic mass is 10.4. The summed E-state index contributed by atoms with van der Waals surface area (Å²) in [6, 6.07) is 0. The van der Waals surface area contributed by atoms with Gasteiger partial charge in [0.1, 0.15) is 6.23 Å². The van der Waals surface area contributed by atoms with E-state index < -0.39 is 0 Å². The van der Waals surface area contributed by atoms with Crippen molar-refractivity contribution in [3.8, 4) is 0 Å². The van der Waals surface area contributed by atoms with Gasteiger partial charge in [-0.1, -0.05) is 6.92 Å². The van der Waals surface area contributed by atoms with Crippen LogP contribution in [0.25, 0.3) is 0 Å². The number of hydrogen-bond donors (Lipinski definition) is 0. The molecule has 1 N–H and O–H groups in total. The van der Waals surface area contributed by atoms with E-state index in [0.717, 1.165) is 6.42 Å². The van der Waals surface area contributed by atoms with E-state index in [9.17, 15) is 0 Å². The van der Waals surface area contributed by atoms with E-state index in [1.54, 1.807) is 0 Å². The van der Waals surface area contributed by atoms with Crippen molar-refractivity contribution in [1.29, 1.82) is 0 Å². The van der Waals surface area contributed by atoms with Crippen LogP contribution >= 0.6 is 0 Å². The maximum absolute atomic E-state index is 7.00. The second-order valence-corrected chi connectivity index (χ2v) is 1.35. The summed E-state index contributed by atoms with van der Waals surface area (Å²) < 4.78 is 4.86. The second kappa shape index (κ2) is 4.09. The van der Waals surface area contributed by atoms with Crippen LogP contribution in [0.2, 0.25) is 0 Å². The minimum atomic E-state index is -0.301. The fourth-order valence-corrected chi connectivity index (χ4v) is 0.319. The molecule has 0 aromatic rings. The van der Waals surface area contributed by atoms with Crippen LogP contribution in [0.3, 0.4) is 0 Å². The third-order valence-electron chi connectivity index (χ3n) is 0.739. The van der Waals surface area contributed by atoms with E-state index in [4.69, 9.17) is 10.5 Å². The average Bonchev–Trinajstić information content (AvgIpc) is 1.68. The summed E-state index contributed by atoms with van der Waals surface area (Å²) in [7, 11) is 0. The lowest BCUT2D eigenvalue weighted by Crippen LogP contribution is -2.11. The van der Waals surface area contributed by atoms with Crippen LogP contribution in [0.5, 0.6) is 0 Å². The van der Waals surface area contributed by atoms with Gasteiger partial charge >= 0.3 is 0 Å². The Morgan fingerprint density at radius 2 is 2.14 bits per heavy atom. The molecule has 0 spiro atoms. The molecule has 1 atom stereocenters. The first kappa shape index (κ1) is 6.92. The van der Waals surface area contributed by atoms with Gasteiger partial charge in [0.15, 0.2) is 0 Å². The summed E-state index contributed by atoms with van der Waals surface area (Å²) in [6.45, 7) is 4.49. The first-order chi connectivity index (χ1) is 3.31. The smallest absolute Gasteiger partial charge is 0.120 e. The van der Waals surface area contributed by atoms with E-state index >= 15 is 0 Å². The molecule has 1 radical (unpaired) electrons. The molecule has 0 aromatic carbocycles. The quantitative estimate of drug-likeness (QED) is 0.524. The van der Waals surface area contributed by atoms with Crippen LogP contribution in [0.15, 0.2) is 0 Å². The molecule has 0 heterocycles. The van der Waals surface area contributed by atoms with Gasteiger partial charge in [0.05, 0.1) is 0 Å². The zero-order chi connectivity index (χ0) is 5.70. The van der Waals surface area contributed by atoms with Gasteiger partial charge in [-0.05, 0) is 13.3 Å². The molecule has 43 valence electrons. The molecule has 0 fully saturated rings. The predicted molar refractivity (Wildman–Crippen MR) is 28.8 cm³/mol. The summed E-state index contributed by atoms with van der Waals surface area (Å²) >= 11 is 0. The zero-order valence-electron chi connectivity index (χ0n) is 4.90. The average molecular weight is 102 g/mol. The molecule has 7 heavy (non-hydrogen) atoms. The van der Waals surface area contributed by atoms with Gasteiger partial charge in [0.25, 0.3) is 0 Å². The third kappa shape index (κ3) is 3.76. The van der Waals surface area contributed by atoms with Crippen molar-refractivity contribution in [2.75, 3.05) is 6.61 Å². The largest absolute Gasteiger partial charge is 0.362 e. The Bertz CT molecular complexity index is 39.1. The van der Waals surface area contributed by atoms with E-state index in [-0.39, 0.29) is 6.23 Å². The Labute approximate surface area is 44.7 Å². The van der Waals surface area contributed by atoms with Crippen molar-refractivity contribution >= 4 is 0 Å². The normalized spacial score (nSPS) is 14.1. The highest BCUT2D eigenvalue weighted by Gasteiger charge is 1.93. The van der Waals surface area contributed by atoms with Gasteiger partial charge < -0.3 is 4.74 Å². The van der Waals surface area contributed by atoms with E-state index in [0.29, 0.717) is 6.61 Å². The van der Waals surface area contributed by atoms with Crippen molar-refractivity contribution in [2.24, 2.45) is 0 Å². The van der Waals surface area contributed by atoms with Crippen molar-refractivity contribution in [3.63, 3.8) is 0 Å². The van der Waals surface area contributed by atoms with Gasteiger partial charge in [0.2, 0.25) is 0 Å². The minimum absolute atomic E-state index is 0.301. The van der Waals surface area contributed by atoms with Crippen molar-refractivity contribution in [2.45, 2.75) is 26.5 Å². The zero-order valence-corrected chi connectivity index (χ0v) is 4.90. The number of ether oxygens (including phenoxy) is 1. The molecule has 1 unspecified atom stereocenters. The molecule has 0 saturated carbocycles. The Balaban J connectivity index is 2.83. The number of hydrogen-bond acceptors (Lipinski definition) is 1. The Hall–Kier alpha value is -0.0800. The lowest BCUT2D eigenvalue weighted by molar-refractivity contribution is 0.0597. The molecule has 0 bridgehead atoms. The van der Waals surface area contributed by atoms with Crippen LogP contribution < -0.4 is 5.73 Å². The van der Waals surface area contributed by atoms with E-state index in [2.05, 4.69) is 0 Å². The number of nitrogens with one attached hydrogen (secondary N) is 1. The standard InChI is InChI=1S/C5H12NO/c1-3-5(6)7-4-2/h5-6H,3-4H2,1-2H3. The molecular weight excluding hydrogens is 90.1 g/mol. The van der Waals surface area contributed by atoms with Crippen molar-refractivity contribution in [3.05, 3.63) is 0 Å². The Kier molecular flexibility index (Phi) is 4.04. The Morgan fingerprint density at radius 1 is 1.57 bits per heavy atom. The summed E-state index contributed by atoms with van der Waals surface area (Å²) in [5.41, 5.74) is 7.00. The van der Waals surface area contributed by atoms with Gasteiger partial charge in [-0.15, -0.1) is 0 Å². The van der Waals surface area contributed by atoms with Gasteiger partial charge in [0, 0.05) is 6.61 Å². The molecule has 0 aromatic heterocycles. The molecule has 0 aliphatic carbocycles. The van der Waals surface area contributed by atoms with Crippen LogP contribution in [0.1, 0.15) is 20.3 Å². The maximum Gasteiger partial charge on any atom is 0.120 e. The second-order valence-electron chi connectivity index (χ2n) is 1.35. The van der Waals surface area contributed by atoms with E-state index in [1.807, 2.05) is 13.8 Å². The molecule has 0 saturated heterocycles. The van der Waals surface area contributed by atoms with E-state index in [1.165, 1.54) is 0 Å². The summed E-state index contributed by atoms with van der Waals surface area (Å²) in [4.78, 5) is 0. The first-order valence-electron chi connectivity index (χ1n) is 2.64. The maximum atomic E-state index is 7.00. The third-order valence-corrected chi connectivity index (χ3v) is 0.739. The predicted octanol–water partition coefficient (Wildman–Crippen LogP) is 1.04. The highest BCUT2D eigenvalue weighted by atomic mass is 16.5. The van der Waals surface area contributed by atoms with Crippen LogP contribution in [-0.2, 0) is 4.74 Å². The van der Waals surface area contributed by atoms with Crippen molar-refractivity contribution < 1.29 is 4.74 Å². The van der Waals surface area contributed by atoms with Crippen molar-refractivity contribution in [1.82, 2.24) is 5.73 Å². The summed E-state index contributed by atoms with van der Waals surface area (Å²) in [5.74, 6) is 0. The minimum Gasteiger partial charge on any atom is -0.362 e. The Morgan fingerprint density at radius 3 is 2.29 bits per heavy atom. The highest BCUT2D eigenvalue weighted by Crippen LogP contribution is 1.88. The first-order valence-corrected chi connectivity index (χ1v) is 2.64. The summed E-state index contributed by atoms with van der Waals surface area (Å²) in [6.07, 6.45) is 0.485. The molecule has 0 aliphatic heterocycles. The molecule has 0 aliphatic rings. The molecule has 2 heteroatoms. The van der Waals surface area contributed by atoms with Gasteiger partial charge in [-0.25, -0.2) is 5.73 Å². The van der Waals surface area contributed by atoms with Crippen LogP contribution in [0, 0.1) is 0 Å². The number of rotatable bonds is 3. The van der Waals surface area contributed by atoms with Crippen LogP contribution in [-0.4, -0.2) is 12.8 Å². The molecular formula is C5H12NO. The molecule has 2 nitrogen and oxygen atoms in total. The van der Waals surface area contributed by atoms with Gasteiger partial charge in [-0.2, -0.15) is 0 Å². The van der Waals surface area contributed by atoms with Crippen LogP contribution in [0.4, 0.5) is 0 Å². The topological polar surface area (TPSA) is 33.0 Å². The molecule has 0 amide bonds. The molecule has 0 rings (SSSR count).